The fourth-order valence-corrected chi connectivity index (χ4v) is 2.87. The van der Waals surface area contributed by atoms with Crippen molar-refractivity contribution in [3.63, 3.8) is 0 Å². The lowest BCUT2D eigenvalue weighted by Gasteiger charge is -1.92. The molecule has 0 saturated heterocycles. The van der Waals surface area contributed by atoms with Gasteiger partial charge < -0.3 is 10.4 Å². The minimum absolute atomic E-state index is 0.152. The maximum absolute atomic E-state index is 10.9. The Morgan fingerprint density at radius 3 is 2.91 bits per heavy atom. The molecule has 0 aliphatic heterocycles. The zero-order valence-electron chi connectivity index (χ0n) is 11.4. The highest BCUT2D eigenvalue weighted by atomic mass is 32.1. The number of carboxylic acid groups (broad SMARTS) is 1. The van der Waals surface area contributed by atoms with Gasteiger partial charge in [-0.25, -0.2) is 14.8 Å². The van der Waals surface area contributed by atoms with Gasteiger partial charge in [0.1, 0.15) is 5.00 Å². The van der Waals surface area contributed by atoms with Crippen LogP contribution in [-0.4, -0.2) is 28.4 Å². The third-order valence-corrected chi connectivity index (χ3v) is 3.95. The van der Waals surface area contributed by atoms with E-state index in [1.54, 1.807) is 6.07 Å². The summed E-state index contributed by atoms with van der Waals surface area (Å²) in [6.07, 6.45) is 3.68. The molecule has 114 valence electrons. The third-order valence-electron chi connectivity index (χ3n) is 2.22. The molecular weight excluding hydrogens is 324 g/mol. The van der Waals surface area contributed by atoms with E-state index in [1.807, 2.05) is 28.9 Å². The van der Waals surface area contributed by atoms with Gasteiger partial charge in [0, 0.05) is 17.2 Å². The molecule has 0 bridgehead atoms. The summed E-state index contributed by atoms with van der Waals surface area (Å²) >= 11 is 2.76. The summed E-state index contributed by atoms with van der Waals surface area (Å²) in [6.45, 7) is 1.43. The summed E-state index contributed by atoms with van der Waals surface area (Å²) in [7, 11) is 0. The average molecular weight is 336 g/mol. The summed E-state index contributed by atoms with van der Waals surface area (Å²) in [6, 6.07) is 3.66. The fraction of sp³-hybridized carbons (Fsp3) is 0.0769. The molecule has 0 unspecified atom stereocenters. The van der Waals surface area contributed by atoms with E-state index in [1.165, 1.54) is 29.6 Å². The molecule has 0 aromatic carbocycles. The predicted octanol–water partition coefficient (Wildman–Crippen LogP) is 3.26. The smallest absolute Gasteiger partial charge is 0.409 e. The molecule has 7 nitrogen and oxygen atoms in total. The van der Waals surface area contributed by atoms with Crippen molar-refractivity contribution < 1.29 is 14.7 Å². The maximum Gasteiger partial charge on any atom is 0.409 e. The van der Waals surface area contributed by atoms with Gasteiger partial charge in [-0.2, -0.15) is 0 Å². The molecule has 2 rings (SSSR count). The third kappa shape index (κ3) is 5.11. The Hall–Kier alpha value is -2.52. The molecule has 0 radical (unpaired) electrons. The van der Waals surface area contributed by atoms with E-state index in [2.05, 4.69) is 15.3 Å². The zero-order valence-corrected chi connectivity index (χ0v) is 13.1. The molecule has 0 fully saturated rings. The van der Waals surface area contributed by atoms with Crippen molar-refractivity contribution >= 4 is 63.3 Å². The summed E-state index contributed by atoms with van der Waals surface area (Å²) in [5, 5.41) is 16.2. The van der Waals surface area contributed by atoms with Crippen molar-refractivity contribution in [1.29, 1.82) is 0 Å². The molecular formula is C13H12N4O3S2. The van der Waals surface area contributed by atoms with E-state index < -0.39 is 6.09 Å². The van der Waals surface area contributed by atoms with Gasteiger partial charge in [-0.15, -0.1) is 22.7 Å². The first-order chi connectivity index (χ1) is 10.5. The molecule has 2 aromatic heterocycles. The van der Waals surface area contributed by atoms with Crippen LogP contribution in [0, 0.1) is 0 Å². The number of rotatable bonds is 5. The highest BCUT2D eigenvalue weighted by molar-refractivity contribution is 7.16. The van der Waals surface area contributed by atoms with Crippen LogP contribution in [0.1, 0.15) is 17.5 Å². The number of amides is 2. The van der Waals surface area contributed by atoms with Crippen LogP contribution in [0.2, 0.25) is 0 Å². The minimum Gasteiger partial charge on any atom is -0.465 e. The molecule has 3 N–H and O–H groups in total. The molecule has 0 spiro atoms. The zero-order chi connectivity index (χ0) is 15.9. The van der Waals surface area contributed by atoms with Crippen LogP contribution in [0.25, 0.3) is 12.2 Å². The number of nitrogens with zero attached hydrogens (tertiary/aromatic N) is 2. The first-order valence-corrected chi connectivity index (χ1v) is 7.75. The van der Waals surface area contributed by atoms with E-state index in [-0.39, 0.29) is 5.91 Å². The van der Waals surface area contributed by atoms with Gasteiger partial charge in [0.25, 0.3) is 0 Å². The quantitative estimate of drug-likeness (QED) is 0.576. The van der Waals surface area contributed by atoms with E-state index in [0.29, 0.717) is 10.1 Å². The van der Waals surface area contributed by atoms with Crippen molar-refractivity contribution in [1.82, 2.24) is 10.3 Å². The molecule has 0 aliphatic carbocycles. The van der Waals surface area contributed by atoms with Gasteiger partial charge in [0.15, 0.2) is 5.13 Å². The molecule has 2 aromatic rings. The van der Waals surface area contributed by atoms with Crippen LogP contribution in [0.4, 0.5) is 14.9 Å². The SMILES string of the molecule is CC(=O)Nc1nc(C=Cc2ccc(N=CNC(=O)O)s2)cs1. The van der Waals surface area contributed by atoms with Crippen LogP contribution in [0.15, 0.2) is 22.5 Å². The molecule has 2 heterocycles. The van der Waals surface area contributed by atoms with E-state index in [0.717, 1.165) is 16.9 Å². The van der Waals surface area contributed by atoms with Crippen LogP contribution in [0.5, 0.6) is 0 Å². The number of aliphatic imine (C=N–C) groups is 1. The molecule has 2 amide bonds. The Kier molecular flexibility index (Phi) is 5.39. The Morgan fingerprint density at radius 2 is 2.18 bits per heavy atom. The number of thiophene rings is 1. The highest BCUT2D eigenvalue weighted by Crippen LogP contribution is 2.26. The normalized spacial score (nSPS) is 11.1. The lowest BCUT2D eigenvalue weighted by atomic mass is 10.3. The summed E-state index contributed by atoms with van der Waals surface area (Å²) in [5.74, 6) is -0.152. The standard InChI is InChI=1S/C13H12N4O3S2/c1-8(18)16-12-17-9(6-21-12)2-3-10-4-5-11(22-10)14-7-15-13(19)20/h2-7H,1H3,(H,14,15)(H,19,20)(H,16,17,18). The Balaban J connectivity index is 1.97. The summed E-state index contributed by atoms with van der Waals surface area (Å²) < 4.78 is 0. The molecule has 9 heteroatoms. The molecule has 0 saturated carbocycles. The van der Waals surface area contributed by atoms with Crippen molar-refractivity contribution in [2.75, 3.05) is 5.32 Å². The van der Waals surface area contributed by atoms with Gasteiger partial charge in [0.05, 0.1) is 12.0 Å². The van der Waals surface area contributed by atoms with E-state index in [9.17, 15) is 9.59 Å². The number of carbonyl (C=O) groups is 2. The van der Waals surface area contributed by atoms with E-state index in [4.69, 9.17) is 5.11 Å². The van der Waals surface area contributed by atoms with Gasteiger partial charge in [-0.05, 0) is 24.3 Å². The lowest BCUT2D eigenvalue weighted by molar-refractivity contribution is -0.114. The number of hydrogen-bond acceptors (Lipinski definition) is 6. The topological polar surface area (TPSA) is 104 Å². The Morgan fingerprint density at radius 1 is 1.36 bits per heavy atom. The second-order valence-corrected chi connectivity index (χ2v) is 5.93. The Bertz CT molecular complexity index is 733. The molecule has 0 atom stereocenters. The number of hydrogen-bond donors (Lipinski definition) is 3. The first kappa shape index (κ1) is 15.9. The fourth-order valence-electron chi connectivity index (χ4n) is 1.39. The lowest BCUT2D eigenvalue weighted by Crippen LogP contribution is -2.17. The molecule has 0 aliphatic rings. The van der Waals surface area contributed by atoms with Gasteiger partial charge >= 0.3 is 6.09 Å². The number of nitrogens with one attached hydrogen (secondary N) is 2. The summed E-state index contributed by atoms with van der Waals surface area (Å²) in [5.41, 5.74) is 0.750. The van der Waals surface area contributed by atoms with Crippen LogP contribution < -0.4 is 10.6 Å². The monoisotopic (exact) mass is 336 g/mol. The Labute approximate surface area is 134 Å². The number of anilines is 1. The molecule has 22 heavy (non-hydrogen) atoms. The minimum atomic E-state index is -1.15. The first-order valence-electron chi connectivity index (χ1n) is 6.06. The van der Waals surface area contributed by atoms with Crippen molar-refractivity contribution in [2.45, 2.75) is 6.92 Å². The number of aromatic nitrogens is 1. The maximum atomic E-state index is 10.9. The second-order valence-electron chi connectivity index (χ2n) is 3.98. The highest BCUT2D eigenvalue weighted by Gasteiger charge is 2.01. The predicted molar refractivity (Wildman–Crippen MR) is 89.0 cm³/mol. The van der Waals surface area contributed by atoms with Crippen LogP contribution in [0.3, 0.4) is 0 Å². The number of thiazole rings is 1. The summed E-state index contributed by atoms with van der Waals surface area (Å²) in [4.78, 5) is 30.4. The van der Waals surface area contributed by atoms with Gasteiger partial charge in [-0.3, -0.25) is 10.1 Å². The van der Waals surface area contributed by atoms with Gasteiger partial charge in [0.2, 0.25) is 5.91 Å². The van der Waals surface area contributed by atoms with Crippen molar-refractivity contribution in [2.24, 2.45) is 4.99 Å². The van der Waals surface area contributed by atoms with Gasteiger partial charge in [-0.1, -0.05) is 0 Å². The van der Waals surface area contributed by atoms with Crippen molar-refractivity contribution in [3.05, 3.63) is 28.1 Å². The van der Waals surface area contributed by atoms with Crippen molar-refractivity contribution in [3.8, 4) is 0 Å². The average Bonchev–Trinajstić information content (AvgIpc) is 3.05. The number of carbonyl (C=O) groups excluding carboxylic acids is 1. The largest absolute Gasteiger partial charge is 0.465 e. The second kappa shape index (κ2) is 7.48. The van der Waals surface area contributed by atoms with E-state index >= 15 is 0 Å². The van der Waals surface area contributed by atoms with Crippen LogP contribution >= 0.6 is 22.7 Å². The van der Waals surface area contributed by atoms with Crippen LogP contribution in [-0.2, 0) is 4.79 Å².